The highest BCUT2D eigenvalue weighted by Crippen LogP contribution is 2.31. The van der Waals surface area contributed by atoms with Crippen molar-refractivity contribution >= 4 is 11.7 Å². The Bertz CT molecular complexity index is 460. The number of hydrogen-bond acceptors (Lipinski definition) is 6. The molecule has 1 rings (SSSR count). The summed E-state index contributed by atoms with van der Waals surface area (Å²) in [7, 11) is 1.43. The Hall–Kier alpha value is -2.31. The molecule has 0 saturated carbocycles. The number of ether oxygens (including phenoxy) is 3. The van der Waals surface area contributed by atoms with Gasteiger partial charge in [-0.3, -0.25) is 14.9 Å². The fraction of sp³-hybridized carbons (Fsp3) is 0.417. The van der Waals surface area contributed by atoms with Crippen LogP contribution in [-0.2, 0) is 9.53 Å². The minimum atomic E-state index is -0.530. The van der Waals surface area contributed by atoms with Crippen LogP contribution in [-0.4, -0.2) is 31.2 Å². The minimum absolute atomic E-state index is 0.0658. The maximum atomic E-state index is 11.1. The highest BCUT2D eigenvalue weighted by atomic mass is 16.6. The molecule has 0 radical (unpaired) electrons. The highest BCUT2D eigenvalue weighted by molar-refractivity contribution is 5.69. The molecule has 7 heteroatoms. The molecular weight excluding hydrogens is 254 g/mol. The summed E-state index contributed by atoms with van der Waals surface area (Å²) in [4.78, 5) is 21.2. The van der Waals surface area contributed by atoms with Crippen molar-refractivity contribution in [1.29, 1.82) is 0 Å². The fourth-order valence-corrected chi connectivity index (χ4v) is 1.37. The van der Waals surface area contributed by atoms with Crippen LogP contribution in [0.25, 0.3) is 0 Å². The van der Waals surface area contributed by atoms with Crippen LogP contribution in [0.3, 0.4) is 0 Å². The number of nitrogens with zero attached hydrogens (tertiary/aromatic N) is 1. The lowest BCUT2D eigenvalue weighted by molar-refractivity contribution is -0.385. The normalized spacial score (nSPS) is 9.79. The van der Waals surface area contributed by atoms with Crippen LogP contribution in [0.2, 0.25) is 0 Å². The summed E-state index contributed by atoms with van der Waals surface area (Å²) in [6.45, 7) is 2.08. The van der Waals surface area contributed by atoms with Gasteiger partial charge in [0.25, 0.3) is 5.69 Å². The van der Waals surface area contributed by atoms with Gasteiger partial charge in [0.15, 0.2) is 11.5 Å². The number of nitro groups is 1. The monoisotopic (exact) mass is 269 g/mol. The van der Waals surface area contributed by atoms with Crippen LogP contribution in [0.4, 0.5) is 5.69 Å². The molecule has 0 amide bonds. The molecule has 0 N–H and O–H groups in total. The second-order valence-electron chi connectivity index (χ2n) is 3.50. The minimum Gasteiger partial charge on any atom is -0.493 e. The Labute approximate surface area is 110 Å². The van der Waals surface area contributed by atoms with E-state index < -0.39 is 4.92 Å². The van der Waals surface area contributed by atoms with Crippen molar-refractivity contribution in [3.8, 4) is 11.5 Å². The Kier molecular flexibility index (Phi) is 5.59. The van der Waals surface area contributed by atoms with E-state index in [4.69, 9.17) is 14.2 Å². The number of rotatable bonds is 7. The molecule has 0 spiro atoms. The van der Waals surface area contributed by atoms with Gasteiger partial charge in [-0.15, -0.1) is 0 Å². The summed E-state index contributed by atoms with van der Waals surface area (Å²) < 4.78 is 15.1. The molecule has 0 aliphatic carbocycles. The first kappa shape index (κ1) is 14.7. The van der Waals surface area contributed by atoms with Crippen molar-refractivity contribution in [1.82, 2.24) is 0 Å². The number of esters is 1. The Balaban J connectivity index is 2.67. The van der Waals surface area contributed by atoms with Gasteiger partial charge in [0.2, 0.25) is 0 Å². The van der Waals surface area contributed by atoms with Crippen LogP contribution in [0, 0.1) is 10.1 Å². The van der Waals surface area contributed by atoms with Crippen molar-refractivity contribution in [3.05, 3.63) is 28.3 Å². The van der Waals surface area contributed by atoms with Crippen LogP contribution in [0.1, 0.15) is 13.3 Å². The van der Waals surface area contributed by atoms with Gasteiger partial charge in [-0.05, 0) is 13.0 Å². The van der Waals surface area contributed by atoms with E-state index in [1.54, 1.807) is 6.92 Å². The van der Waals surface area contributed by atoms with E-state index in [2.05, 4.69) is 0 Å². The number of hydrogen-bond donors (Lipinski definition) is 0. The Morgan fingerprint density at radius 2 is 2.11 bits per heavy atom. The molecule has 104 valence electrons. The van der Waals surface area contributed by atoms with Gasteiger partial charge in [0, 0.05) is 6.07 Å². The number of benzene rings is 1. The molecule has 0 saturated heterocycles. The zero-order chi connectivity index (χ0) is 14.3. The Morgan fingerprint density at radius 1 is 1.37 bits per heavy atom. The average molecular weight is 269 g/mol. The summed E-state index contributed by atoms with van der Waals surface area (Å²) in [5, 5.41) is 10.7. The van der Waals surface area contributed by atoms with Crippen molar-refractivity contribution in [3.63, 3.8) is 0 Å². The smallest absolute Gasteiger partial charge is 0.309 e. The molecule has 0 fully saturated rings. The third kappa shape index (κ3) is 4.46. The van der Waals surface area contributed by atoms with Gasteiger partial charge in [-0.1, -0.05) is 0 Å². The Morgan fingerprint density at radius 3 is 2.68 bits per heavy atom. The fourth-order valence-electron chi connectivity index (χ4n) is 1.37. The van der Waals surface area contributed by atoms with Gasteiger partial charge in [0.05, 0.1) is 37.7 Å². The van der Waals surface area contributed by atoms with Gasteiger partial charge < -0.3 is 14.2 Å². The van der Waals surface area contributed by atoms with E-state index in [-0.39, 0.29) is 30.4 Å². The van der Waals surface area contributed by atoms with E-state index in [0.29, 0.717) is 12.4 Å². The van der Waals surface area contributed by atoms with Crippen LogP contribution in [0.5, 0.6) is 11.5 Å². The first-order chi connectivity index (χ1) is 9.08. The van der Waals surface area contributed by atoms with E-state index in [1.807, 2.05) is 0 Å². The van der Waals surface area contributed by atoms with Gasteiger partial charge in [-0.2, -0.15) is 0 Å². The van der Waals surface area contributed by atoms with Crippen molar-refractivity contribution in [2.45, 2.75) is 13.3 Å². The molecule has 0 atom stereocenters. The van der Waals surface area contributed by atoms with Crippen LogP contribution in [0.15, 0.2) is 18.2 Å². The lowest BCUT2D eigenvalue weighted by Crippen LogP contribution is -2.10. The molecule has 0 unspecified atom stereocenters. The third-order valence-electron chi connectivity index (χ3n) is 2.23. The molecule has 19 heavy (non-hydrogen) atoms. The highest BCUT2D eigenvalue weighted by Gasteiger charge is 2.13. The molecule has 0 aliphatic rings. The molecule has 7 nitrogen and oxygen atoms in total. The summed E-state index contributed by atoms with van der Waals surface area (Å²) in [6.07, 6.45) is 0.0691. The standard InChI is InChI=1S/C12H15NO6/c1-3-18-12(14)6-7-19-11-8-9(13(15)16)4-5-10(11)17-2/h4-5,8H,3,6-7H2,1-2H3. The maximum absolute atomic E-state index is 11.1. The van der Waals surface area contributed by atoms with Crippen molar-refractivity contribution in [2.24, 2.45) is 0 Å². The predicted octanol–water partition coefficient (Wildman–Crippen LogP) is 1.94. The second kappa shape index (κ2) is 7.20. The quantitative estimate of drug-likeness (QED) is 0.427. The molecule has 0 heterocycles. The summed E-state index contributed by atoms with van der Waals surface area (Å²) >= 11 is 0. The molecular formula is C12H15NO6. The maximum Gasteiger partial charge on any atom is 0.309 e. The zero-order valence-electron chi connectivity index (χ0n) is 10.8. The second-order valence-corrected chi connectivity index (χ2v) is 3.50. The predicted molar refractivity (Wildman–Crippen MR) is 66.4 cm³/mol. The van der Waals surface area contributed by atoms with Gasteiger partial charge >= 0.3 is 5.97 Å². The number of methoxy groups -OCH3 is 1. The zero-order valence-corrected chi connectivity index (χ0v) is 10.8. The van der Waals surface area contributed by atoms with Crippen molar-refractivity contribution in [2.75, 3.05) is 20.3 Å². The largest absolute Gasteiger partial charge is 0.493 e. The van der Waals surface area contributed by atoms with E-state index >= 15 is 0 Å². The van der Waals surface area contributed by atoms with E-state index in [0.717, 1.165) is 0 Å². The molecule has 1 aromatic carbocycles. The summed E-state index contributed by atoms with van der Waals surface area (Å²) in [6, 6.07) is 4.01. The van der Waals surface area contributed by atoms with Gasteiger partial charge in [-0.25, -0.2) is 0 Å². The van der Waals surface area contributed by atoms with Crippen LogP contribution < -0.4 is 9.47 Å². The molecule has 0 bridgehead atoms. The van der Waals surface area contributed by atoms with Crippen LogP contribution >= 0.6 is 0 Å². The average Bonchev–Trinajstić information content (AvgIpc) is 2.38. The van der Waals surface area contributed by atoms with Gasteiger partial charge in [0.1, 0.15) is 0 Å². The first-order valence-corrected chi connectivity index (χ1v) is 5.69. The number of carbonyl (C=O) groups is 1. The first-order valence-electron chi connectivity index (χ1n) is 5.69. The lowest BCUT2D eigenvalue weighted by atomic mass is 10.3. The summed E-state index contributed by atoms with van der Waals surface area (Å²) in [5.74, 6) is 0.211. The topological polar surface area (TPSA) is 87.9 Å². The van der Waals surface area contributed by atoms with E-state index in [9.17, 15) is 14.9 Å². The summed E-state index contributed by atoms with van der Waals surface area (Å²) in [5.41, 5.74) is -0.105. The molecule has 0 aromatic heterocycles. The molecule has 1 aromatic rings. The van der Waals surface area contributed by atoms with E-state index in [1.165, 1.54) is 25.3 Å². The number of non-ortho nitro benzene ring substituents is 1. The number of nitro benzene ring substituents is 1. The lowest BCUT2D eigenvalue weighted by Gasteiger charge is -2.10. The number of carbonyl (C=O) groups excluding carboxylic acids is 1. The SMILES string of the molecule is CCOC(=O)CCOc1cc([N+](=O)[O-])ccc1OC. The van der Waals surface area contributed by atoms with Crippen molar-refractivity contribution < 1.29 is 23.9 Å². The third-order valence-corrected chi connectivity index (χ3v) is 2.23. The molecule has 0 aliphatic heterocycles.